The van der Waals surface area contributed by atoms with Crippen LogP contribution in [0.4, 0.5) is 5.69 Å². The van der Waals surface area contributed by atoms with Gasteiger partial charge in [-0.3, -0.25) is 4.99 Å². The number of nitrogens with zero attached hydrogens (tertiary/aromatic N) is 1. The van der Waals surface area contributed by atoms with Crippen molar-refractivity contribution in [3.05, 3.63) is 28.8 Å². The number of benzene rings is 1. The Kier molecular flexibility index (Phi) is 7.38. The third kappa shape index (κ3) is 4.53. The maximum absolute atomic E-state index is 5.83. The molecule has 0 aliphatic rings. The average Bonchev–Trinajstić information content (AvgIpc) is 2.31. The van der Waals surface area contributed by atoms with Gasteiger partial charge in [0.1, 0.15) is 5.84 Å². The number of halogens is 1. The third-order valence-electron chi connectivity index (χ3n) is 1.80. The molecule has 0 fully saturated rings. The van der Waals surface area contributed by atoms with Crippen LogP contribution in [0.2, 0.25) is 5.02 Å². The predicted octanol–water partition coefficient (Wildman–Crippen LogP) is 3.06. The van der Waals surface area contributed by atoms with Crippen molar-refractivity contribution in [2.24, 2.45) is 10.7 Å². The first kappa shape index (κ1) is 14.8. The Balaban J connectivity index is 0.00000106. The molecule has 3 nitrogen and oxygen atoms in total. The molecule has 0 aliphatic carbocycles. The number of anilines is 1. The SMILES string of the molecule is CC.CCCN=C(N)c1cc(Cl)ccc1N. The van der Waals surface area contributed by atoms with E-state index in [9.17, 15) is 0 Å². The van der Waals surface area contributed by atoms with Crippen LogP contribution in [0.5, 0.6) is 0 Å². The second-order valence-corrected chi connectivity index (χ2v) is 3.43. The fourth-order valence-electron chi connectivity index (χ4n) is 1.07. The molecule has 0 spiro atoms. The lowest BCUT2D eigenvalue weighted by atomic mass is 10.1. The lowest BCUT2D eigenvalue weighted by Gasteiger charge is -2.05. The fourth-order valence-corrected chi connectivity index (χ4v) is 1.24. The van der Waals surface area contributed by atoms with Crippen LogP contribution in [0.25, 0.3) is 0 Å². The molecule has 4 heteroatoms. The average molecular weight is 242 g/mol. The summed E-state index contributed by atoms with van der Waals surface area (Å²) in [5.41, 5.74) is 12.8. The maximum atomic E-state index is 5.83. The summed E-state index contributed by atoms with van der Waals surface area (Å²) in [6.45, 7) is 6.75. The fraction of sp³-hybridized carbons (Fsp3) is 0.417. The number of hydrogen-bond acceptors (Lipinski definition) is 2. The van der Waals surface area contributed by atoms with Crippen LogP contribution in [-0.2, 0) is 0 Å². The highest BCUT2D eigenvalue weighted by atomic mass is 35.5. The van der Waals surface area contributed by atoms with Crippen molar-refractivity contribution >= 4 is 23.1 Å². The van der Waals surface area contributed by atoms with Crippen LogP contribution in [-0.4, -0.2) is 12.4 Å². The van der Waals surface area contributed by atoms with Crippen LogP contribution in [0.1, 0.15) is 32.8 Å². The molecule has 0 amide bonds. The molecule has 0 radical (unpaired) electrons. The first-order chi connectivity index (χ1) is 7.65. The first-order valence-electron chi connectivity index (χ1n) is 5.50. The van der Waals surface area contributed by atoms with E-state index in [0.717, 1.165) is 6.42 Å². The molecular weight excluding hydrogens is 222 g/mol. The van der Waals surface area contributed by atoms with Gasteiger partial charge in [-0.05, 0) is 24.6 Å². The number of nitrogen functional groups attached to an aromatic ring is 1. The minimum Gasteiger partial charge on any atom is -0.398 e. The highest BCUT2D eigenvalue weighted by Gasteiger charge is 2.03. The van der Waals surface area contributed by atoms with Gasteiger partial charge in [0.05, 0.1) is 0 Å². The Hall–Kier alpha value is -1.22. The van der Waals surface area contributed by atoms with E-state index in [1.807, 2.05) is 20.8 Å². The number of amidine groups is 1. The lowest BCUT2D eigenvalue weighted by Crippen LogP contribution is -2.16. The second-order valence-electron chi connectivity index (χ2n) is 3.00. The zero-order chi connectivity index (χ0) is 12.6. The zero-order valence-electron chi connectivity index (χ0n) is 10.1. The van der Waals surface area contributed by atoms with E-state index in [1.54, 1.807) is 18.2 Å². The van der Waals surface area contributed by atoms with Crippen LogP contribution < -0.4 is 11.5 Å². The molecule has 90 valence electrons. The Morgan fingerprint density at radius 2 is 2.00 bits per heavy atom. The molecule has 0 aromatic heterocycles. The molecule has 0 atom stereocenters. The van der Waals surface area contributed by atoms with Crippen LogP contribution in [0.15, 0.2) is 23.2 Å². The molecule has 0 aliphatic heterocycles. The van der Waals surface area contributed by atoms with Crippen molar-refractivity contribution in [2.75, 3.05) is 12.3 Å². The first-order valence-corrected chi connectivity index (χ1v) is 5.88. The van der Waals surface area contributed by atoms with Gasteiger partial charge in [-0.2, -0.15) is 0 Å². The Labute approximate surface area is 103 Å². The lowest BCUT2D eigenvalue weighted by molar-refractivity contribution is 0.930. The van der Waals surface area contributed by atoms with Gasteiger partial charge >= 0.3 is 0 Å². The molecule has 0 bridgehead atoms. The molecule has 0 saturated carbocycles. The van der Waals surface area contributed by atoms with Gasteiger partial charge in [0.2, 0.25) is 0 Å². The van der Waals surface area contributed by atoms with Gasteiger partial charge in [-0.15, -0.1) is 0 Å². The van der Waals surface area contributed by atoms with E-state index in [0.29, 0.717) is 28.7 Å². The zero-order valence-corrected chi connectivity index (χ0v) is 10.9. The van der Waals surface area contributed by atoms with Gasteiger partial charge in [0.25, 0.3) is 0 Å². The molecule has 4 N–H and O–H groups in total. The Morgan fingerprint density at radius 3 is 2.56 bits per heavy atom. The van der Waals surface area contributed by atoms with E-state index in [-0.39, 0.29) is 0 Å². The van der Waals surface area contributed by atoms with Crippen LogP contribution in [0.3, 0.4) is 0 Å². The molecule has 0 unspecified atom stereocenters. The normalized spacial score (nSPS) is 10.6. The summed E-state index contributed by atoms with van der Waals surface area (Å²) in [5.74, 6) is 0.451. The second kappa shape index (κ2) is 7.99. The summed E-state index contributed by atoms with van der Waals surface area (Å²) in [5, 5.41) is 0.615. The predicted molar refractivity (Wildman–Crippen MR) is 73.1 cm³/mol. The Morgan fingerprint density at radius 1 is 1.38 bits per heavy atom. The Bertz CT molecular complexity index is 348. The quantitative estimate of drug-likeness (QED) is 0.485. The smallest absolute Gasteiger partial charge is 0.127 e. The van der Waals surface area contributed by atoms with Crippen molar-refractivity contribution in [1.82, 2.24) is 0 Å². The summed E-state index contributed by atoms with van der Waals surface area (Å²) >= 11 is 5.83. The minimum absolute atomic E-state index is 0.451. The molecule has 0 saturated heterocycles. The topological polar surface area (TPSA) is 64.4 Å². The molecule has 1 aromatic rings. The van der Waals surface area contributed by atoms with E-state index >= 15 is 0 Å². The molecule has 16 heavy (non-hydrogen) atoms. The number of rotatable bonds is 3. The van der Waals surface area contributed by atoms with Gasteiger partial charge < -0.3 is 11.5 Å². The maximum Gasteiger partial charge on any atom is 0.127 e. The van der Waals surface area contributed by atoms with Gasteiger partial charge in [-0.1, -0.05) is 32.4 Å². The van der Waals surface area contributed by atoms with Crippen molar-refractivity contribution < 1.29 is 0 Å². The van der Waals surface area contributed by atoms with Crippen molar-refractivity contribution in [2.45, 2.75) is 27.2 Å². The van der Waals surface area contributed by atoms with E-state index in [2.05, 4.69) is 4.99 Å². The van der Waals surface area contributed by atoms with Crippen molar-refractivity contribution in [1.29, 1.82) is 0 Å². The monoisotopic (exact) mass is 241 g/mol. The summed E-state index contributed by atoms with van der Waals surface area (Å²) in [4.78, 5) is 4.17. The summed E-state index contributed by atoms with van der Waals surface area (Å²) in [6, 6.07) is 5.19. The molecule has 1 aromatic carbocycles. The third-order valence-corrected chi connectivity index (χ3v) is 2.03. The standard InChI is InChI=1S/C10H14ClN3.C2H6/c1-2-5-14-10(13)8-6-7(11)3-4-9(8)12;1-2/h3-4,6H,2,5,12H2,1H3,(H2,13,14);1-2H3. The van der Waals surface area contributed by atoms with Gasteiger partial charge in [0, 0.05) is 22.8 Å². The summed E-state index contributed by atoms with van der Waals surface area (Å²) in [6.07, 6.45) is 0.959. The van der Waals surface area contributed by atoms with Gasteiger partial charge in [-0.25, -0.2) is 0 Å². The van der Waals surface area contributed by atoms with Gasteiger partial charge in [0.15, 0.2) is 0 Å². The molecular formula is C12H20ClN3. The summed E-state index contributed by atoms with van der Waals surface area (Å²) in [7, 11) is 0. The van der Waals surface area contributed by atoms with E-state index in [1.165, 1.54) is 0 Å². The molecule has 0 heterocycles. The van der Waals surface area contributed by atoms with Crippen LogP contribution >= 0.6 is 11.6 Å². The van der Waals surface area contributed by atoms with Crippen LogP contribution in [0, 0.1) is 0 Å². The number of hydrogen-bond donors (Lipinski definition) is 2. The highest BCUT2D eigenvalue weighted by molar-refractivity contribution is 6.31. The highest BCUT2D eigenvalue weighted by Crippen LogP contribution is 2.17. The van der Waals surface area contributed by atoms with Crippen molar-refractivity contribution in [3.63, 3.8) is 0 Å². The molecule has 1 rings (SSSR count). The van der Waals surface area contributed by atoms with Crippen molar-refractivity contribution in [3.8, 4) is 0 Å². The van der Waals surface area contributed by atoms with E-state index in [4.69, 9.17) is 23.1 Å². The largest absolute Gasteiger partial charge is 0.398 e. The number of nitrogens with two attached hydrogens (primary N) is 2. The summed E-state index contributed by atoms with van der Waals surface area (Å²) < 4.78 is 0. The minimum atomic E-state index is 0.451. The van der Waals surface area contributed by atoms with E-state index < -0.39 is 0 Å². The number of aliphatic imine (C=N–C) groups is 1.